The van der Waals surface area contributed by atoms with Crippen LogP contribution in [-0.2, 0) is 19.2 Å². The SMILES string of the molecule is CC(C)(C)[C@H](NC(=O)C(F)(F)F)C(=O)N1C[C@H]2[C@@H](C1C(=O)N[C@H](C#N)C[C@@H]1CCNC1=O)C2(C)C. The third-order valence-corrected chi connectivity index (χ3v) is 7.56. The lowest BCUT2D eigenvalue weighted by atomic mass is 9.85. The van der Waals surface area contributed by atoms with Crippen molar-refractivity contribution in [1.29, 1.82) is 5.26 Å². The monoisotopic (exact) mass is 499 g/mol. The number of hydrogen-bond donors (Lipinski definition) is 3. The zero-order chi connectivity index (χ0) is 26.5. The molecular formula is C23H32F3N5O4. The summed E-state index contributed by atoms with van der Waals surface area (Å²) in [5, 5.41) is 16.7. The van der Waals surface area contributed by atoms with Crippen molar-refractivity contribution in [2.75, 3.05) is 13.1 Å². The van der Waals surface area contributed by atoms with E-state index in [1.165, 1.54) is 25.7 Å². The predicted octanol–water partition coefficient (Wildman–Crippen LogP) is 1.10. The average molecular weight is 500 g/mol. The molecule has 194 valence electrons. The first-order chi connectivity index (χ1) is 16.0. The molecule has 0 aromatic rings. The Hall–Kier alpha value is -2.84. The van der Waals surface area contributed by atoms with Crippen molar-refractivity contribution in [3.05, 3.63) is 0 Å². The molecule has 3 fully saturated rings. The van der Waals surface area contributed by atoms with E-state index in [0.29, 0.717) is 13.0 Å². The largest absolute Gasteiger partial charge is 0.471 e. The molecule has 1 saturated carbocycles. The summed E-state index contributed by atoms with van der Waals surface area (Å²) < 4.78 is 38.8. The molecular weight excluding hydrogens is 467 g/mol. The molecule has 0 aromatic carbocycles. The number of carbonyl (C=O) groups excluding carboxylic acids is 4. The summed E-state index contributed by atoms with van der Waals surface area (Å²) in [6, 6.07) is -1.48. The number of fused-ring (bicyclic) bond motifs is 1. The maximum atomic E-state index is 13.5. The van der Waals surface area contributed by atoms with E-state index in [0.717, 1.165) is 0 Å². The molecule has 3 aliphatic rings. The number of halogens is 3. The number of piperidine rings is 1. The van der Waals surface area contributed by atoms with Gasteiger partial charge in [0.15, 0.2) is 0 Å². The van der Waals surface area contributed by atoms with Crippen LogP contribution in [0.4, 0.5) is 13.2 Å². The minimum Gasteiger partial charge on any atom is -0.356 e. The smallest absolute Gasteiger partial charge is 0.356 e. The highest BCUT2D eigenvalue weighted by Gasteiger charge is 2.70. The van der Waals surface area contributed by atoms with E-state index in [9.17, 15) is 37.6 Å². The predicted molar refractivity (Wildman–Crippen MR) is 117 cm³/mol. The zero-order valence-electron chi connectivity index (χ0n) is 20.5. The van der Waals surface area contributed by atoms with Gasteiger partial charge in [0.25, 0.3) is 0 Å². The van der Waals surface area contributed by atoms with E-state index < -0.39 is 53.4 Å². The summed E-state index contributed by atoms with van der Waals surface area (Å²) in [7, 11) is 0. The number of carbonyl (C=O) groups is 4. The quantitative estimate of drug-likeness (QED) is 0.504. The van der Waals surface area contributed by atoms with Crippen molar-refractivity contribution in [3.8, 4) is 6.07 Å². The molecule has 0 aromatic heterocycles. The Labute approximate surface area is 202 Å². The second kappa shape index (κ2) is 8.99. The van der Waals surface area contributed by atoms with Crippen molar-refractivity contribution in [2.24, 2.45) is 28.6 Å². The van der Waals surface area contributed by atoms with Gasteiger partial charge in [-0.15, -0.1) is 0 Å². The van der Waals surface area contributed by atoms with Gasteiger partial charge in [0.1, 0.15) is 18.1 Å². The number of nitrogens with one attached hydrogen (secondary N) is 3. The molecule has 4 amide bonds. The molecule has 1 aliphatic carbocycles. The lowest BCUT2D eigenvalue weighted by Gasteiger charge is -2.37. The Morgan fingerprint density at radius 3 is 2.34 bits per heavy atom. The maximum Gasteiger partial charge on any atom is 0.471 e. The van der Waals surface area contributed by atoms with Gasteiger partial charge in [-0.05, 0) is 35.5 Å². The molecule has 6 atom stereocenters. The molecule has 3 N–H and O–H groups in total. The van der Waals surface area contributed by atoms with Crippen LogP contribution in [0.5, 0.6) is 0 Å². The number of nitrogens with zero attached hydrogens (tertiary/aromatic N) is 2. The molecule has 0 spiro atoms. The molecule has 3 rings (SSSR count). The molecule has 0 bridgehead atoms. The van der Waals surface area contributed by atoms with Crippen LogP contribution in [0.15, 0.2) is 0 Å². The highest BCUT2D eigenvalue weighted by Crippen LogP contribution is 2.65. The van der Waals surface area contributed by atoms with E-state index in [4.69, 9.17) is 0 Å². The van der Waals surface area contributed by atoms with Crippen molar-refractivity contribution in [2.45, 2.75) is 71.8 Å². The Morgan fingerprint density at radius 2 is 1.86 bits per heavy atom. The third kappa shape index (κ3) is 5.23. The second-order valence-electron chi connectivity index (χ2n) is 11.4. The fraction of sp³-hybridized carbons (Fsp3) is 0.783. The van der Waals surface area contributed by atoms with Gasteiger partial charge in [-0.3, -0.25) is 19.2 Å². The van der Waals surface area contributed by atoms with Gasteiger partial charge in [-0.2, -0.15) is 18.4 Å². The lowest BCUT2D eigenvalue weighted by molar-refractivity contribution is -0.176. The van der Waals surface area contributed by atoms with Crippen LogP contribution in [0.1, 0.15) is 47.5 Å². The van der Waals surface area contributed by atoms with Gasteiger partial charge in [0, 0.05) is 19.0 Å². The van der Waals surface area contributed by atoms with Gasteiger partial charge in [0.05, 0.1) is 6.07 Å². The molecule has 2 saturated heterocycles. The van der Waals surface area contributed by atoms with Crippen LogP contribution in [0.3, 0.4) is 0 Å². The average Bonchev–Trinajstić information content (AvgIpc) is 3.10. The molecule has 2 aliphatic heterocycles. The van der Waals surface area contributed by atoms with Crippen molar-refractivity contribution in [1.82, 2.24) is 20.9 Å². The summed E-state index contributed by atoms with van der Waals surface area (Å²) in [4.78, 5) is 51.6. The number of likely N-dealkylation sites (tertiary alicyclic amines) is 1. The van der Waals surface area contributed by atoms with Crippen molar-refractivity contribution < 1.29 is 32.3 Å². The Balaban J connectivity index is 1.81. The lowest BCUT2D eigenvalue weighted by Crippen LogP contribution is -2.61. The summed E-state index contributed by atoms with van der Waals surface area (Å²) >= 11 is 0. The standard InChI is InChI=1S/C23H32F3N5O4/c1-21(2,3)16(30-20(35)23(24,25)26)19(34)31-10-13-14(22(13,4)5)15(31)18(33)29-12(9-27)8-11-6-7-28-17(11)32/h11-16H,6-8,10H2,1-5H3,(H,28,32)(H,29,33)(H,30,35)/t11-,12-,13-,14-,15?,16+/m0/s1. The van der Waals surface area contributed by atoms with Crippen molar-refractivity contribution >= 4 is 23.6 Å². The first-order valence-electron chi connectivity index (χ1n) is 11.7. The Kier molecular flexibility index (Phi) is 6.87. The normalized spacial score (nSPS) is 28.9. The van der Waals surface area contributed by atoms with Crippen LogP contribution < -0.4 is 16.0 Å². The third-order valence-electron chi connectivity index (χ3n) is 7.56. The number of hydrogen-bond acceptors (Lipinski definition) is 5. The topological polar surface area (TPSA) is 131 Å². The van der Waals surface area contributed by atoms with Crippen LogP contribution in [0, 0.1) is 39.9 Å². The minimum atomic E-state index is -5.16. The Morgan fingerprint density at radius 1 is 1.23 bits per heavy atom. The van der Waals surface area contributed by atoms with E-state index in [1.807, 2.05) is 19.9 Å². The molecule has 1 unspecified atom stereocenters. The van der Waals surface area contributed by atoms with Gasteiger partial charge < -0.3 is 20.9 Å². The molecule has 12 heteroatoms. The molecule has 35 heavy (non-hydrogen) atoms. The van der Waals surface area contributed by atoms with Crippen LogP contribution in [0.25, 0.3) is 0 Å². The number of amides is 4. The fourth-order valence-electron chi connectivity index (χ4n) is 5.40. The first-order valence-corrected chi connectivity index (χ1v) is 11.7. The summed E-state index contributed by atoms with van der Waals surface area (Å²) in [6.07, 6.45) is -4.49. The number of alkyl halides is 3. The molecule has 2 heterocycles. The van der Waals surface area contributed by atoms with Crippen LogP contribution in [-0.4, -0.2) is 65.9 Å². The Bertz CT molecular complexity index is 952. The highest BCUT2D eigenvalue weighted by molar-refractivity contribution is 5.95. The minimum absolute atomic E-state index is 0.0396. The molecule has 9 nitrogen and oxygen atoms in total. The van der Waals surface area contributed by atoms with E-state index in [-0.39, 0.29) is 36.1 Å². The summed E-state index contributed by atoms with van der Waals surface area (Å²) in [5.74, 6) is -4.46. The van der Waals surface area contributed by atoms with Gasteiger partial charge in [-0.1, -0.05) is 34.6 Å². The van der Waals surface area contributed by atoms with Crippen molar-refractivity contribution in [3.63, 3.8) is 0 Å². The highest BCUT2D eigenvalue weighted by atomic mass is 19.4. The maximum absolute atomic E-state index is 13.5. The van der Waals surface area contributed by atoms with Gasteiger partial charge >= 0.3 is 12.1 Å². The van der Waals surface area contributed by atoms with E-state index >= 15 is 0 Å². The molecule has 0 radical (unpaired) electrons. The summed E-state index contributed by atoms with van der Waals surface area (Å²) in [5.41, 5.74) is -1.33. The van der Waals surface area contributed by atoms with Gasteiger partial charge in [-0.25, -0.2) is 0 Å². The van der Waals surface area contributed by atoms with Crippen LogP contribution in [0.2, 0.25) is 0 Å². The number of nitriles is 1. The first kappa shape index (κ1) is 26.8. The fourth-order valence-corrected chi connectivity index (χ4v) is 5.40. The summed E-state index contributed by atoms with van der Waals surface area (Å²) in [6.45, 7) is 9.13. The van der Waals surface area contributed by atoms with Crippen LogP contribution >= 0.6 is 0 Å². The zero-order valence-corrected chi connectivity index (χ0v) is 20.5. The second-order valence-corrected chi connectivity index (χ2v) is 11.4. The van der Waals surface area contributed by atoms with Gasteiger partial charge in [0.2, 0.25) is 17.7 Å². The van der Waals surface area contributed by atoms with E-state index in [1.54, 1.807) is 5.32 Å². The number of rotatable bonds is 6. The van der Waals surface area contributed by atoms with E-state index in [2.05, 4.69) is 10.6 Å².